The molecule has 0 radical (unpaired) electrons. The number of aryl methyl sites for hydroxylation is 4. The van der Waals surface area contributed by atoms with E-state index < -0.39 is 0 Å². The van der Waals surface area contributed by atoms with Crippen LogP contribution >= 0.6 is 23.5 Å². The van der Waals surface area contributed by atoms with E-state index in [0.29, 0.717) is 12.1 Å². The Morgan fingerprint density at radius 2 is 0.980 bits per heavy atom. The van der Waals surface area contributed by atoms with Crippen LogP contribution in [0.25, 0.3) is 0 Å². The highest BCUT2D eigenvalue weighted by atomic mass is 79.9. The molecule has 0 bridgehead atoms. The smallest absolute Gasteiger partial charge is 0.309 e. The number of nitrogens with zero attached hydrogens (tertiary/aromatic N) is 6. The molecule has 0 saturated carbocycles. The van der Waals surface area contributed by atoms with Crippen molar-refractivity contribution in [3.05, 3.63) is 129 Å². The van der Waals surface area contributed by atoms with Crippen LogP contribution in [0.1, 0.15) is 56.6 Å². The summed E-state index contributed by atoms with van der Waals surface area (Å²) < 4.78 is 5.12. The first-order chi connectivity index (χ1) is 23.9. The normalized spacial score (nSPS) is 19.1. The molecular weight excluding hydrogens is 800 g/mol. The van der Waals surface area contributed by atoms with Gasteiger partial charge in [0.2, 0.25) is 0 Å². The summed E-state index contributed by atoms with van der Waals surface area (Å²) in [5.74, 6) is 2.34. The fourth-order valence-electron chi connectivity index (χ4n) is 8.04. The molecule has 4 aromatic carbocycles. The minimum atomic E-state index is 0. The molecule has 0 N–H and O–H groups in total. The highest BCUT2D eigenvalue weighted by Crippen LogP contribution is 2.37. The van der Waals surface area contributed by atoms with Gasteiger partial charge in [-0.3, -0.25) is 9.15 Å². The highest BCUT2D eigenvalue weighted by molar-refractivity contribution is 8.14. The molecule has 264 valence electrons. The third-order valence-electron chi connectivity index (χ3n) is 10.3. The third kappa shape index (κ3) is 7.67. The van der Waals surface area contributed by atoms with E-state index >= 15 is 0 Å². The maximum Gasteiger partial charge on any atom is 0.309 e. The molecule has 0 fully saturated rings. The molecule has 4 aromatic rings. The predicted octanol–water partition coefficient (Wildman–Crippen LogP) is 2.41. The number of hydrogen-bond acceptors (Lipinski definition) is 6. The van der Waals surface area contributed by atoms with Crippen molar-refractivity contribution in [2.45, 2.75) is 52.9 Å². The van der Waals surface area contributed by atoms with Gasteiger partial charge in [0.1, 0.15) is 32.2 Å². The first-order valence-corrected chi connectivity index (χ1v) is 19.4. The predicted molar refractivity (Wildman–Crippen MR) is 205 cm³/mol. The summed E-state index contributed by atoms with van der Waals surface area (Å²) in [6.07, 6.45) is 0. The molecule has 0 spiro atoms. The average Bonchev–Trinajstić information content (AvgIpc) is 3.88. The van der Waals surface area contributed by atoms with E-state index in [0.717, 1.165) is 72.9 Å². The van der Waals surface area contributed by atoms with Crippen molar-refractivity contribution < 1.29 is 43.1 Å². The van der Waals surface area contributed by atoms with Gasteiger partial charge in [0, 0.05) is 22.6 Å². The Bertz CT molecular complexity index is 1850. The number of aliphatic imine (C=N–C) groups is 2. The lowest BCUT2D eigenvalue weighted by Gasteiger charge is -2.21. The summed E-state index contributed by atoms with van der Waals surface area (Å²) in [4.78, 5) is 14.8. The largest absolute Gasteiger partial charge is 1.00 e. The Kier molecular flexibility index (Phi) is 12.0. The Morgan fingerprint density at radius 3 is 1.35 bits per heavy atom. The summed E-state index contributed by atoms with van der Waals surface area (Å²) in [5.41, 5.74) is 12.0. The minimum absolute atomic E-state index is 0. The second kappa shape index (κ2) is 16.3. The summed E-state index contributed by atoms with van der Waals surface area (Å²) >= 11 is 3.99. The summed E-state index contributed by atoms with van der Waals surface area (Å²) in [6, 6.07) is 35.0. The number of rotatable bonds is 8. The second-order valence-electron chi connectivity index (χ2n) is 13.7. The van der Waals surface area contributed by atoms with Gasteiger partial charge >= 0.3 is 10.3 Å². The lowest BCUT2D eigenvalue weighted by Crippen LogP contribution is -3.00. The Hall–Kier alpha value is -3.14. The van der Waals surface area contributed by atoms with Crippen LogP contribution in [0, 0.1) is 27.7 Å². The molecule has 0 aliphatic carbocycles. The van der Waals surface area contributed by atoms with Crippen molar-refractivity contribution in [3.63, 3.8) is 0 Å². The quantitative estimate of drug-likeness (QED) is 0.202. The topological polar surface area (TPSA) is 37.2 Å². The van der Waals surface area contributed by atoms with Crippen molar-refractivity contribution in [3.8, 4) is 0 Å². The number of thioether (sulfide) groups is 2. The van der Waals surface area contributed by atoms with Gasteiger partial charge in [-0.15, -0.1) is 0 Å². The van der Waals surface area contributed by atoms with E-state index in [1.165, 1.54) is 44.1 Å². The molecule has 0 amide bonds. The van der Waals surface area contributed by atoms with E-state index in [1.54, 1.807) is 0 Å². The van der Waals surface area contributed by atoms with Crippen molar-refractivity contribution in [1.82, 2.24) is 9.80 Å². The van der Waals surface area contributed by atoms with Crippen LogP contribution in [0.4, 0.5) is 11.4 Å². The van der Waals surface area contributed by atoms with Gasteiger partial charge in [0.25, 0.3) is 0 Å². The Balaban J connectivity index is 0.00000224. The van der Waals surface area contributed by atoms with Crippen LogP contribution in [0.3, 0.4) is 0 Å². The maximum absolute atomic E-state index is 4.79. The fraction of sp³-hybridized carbons (Fsp3) is 0.341. The van der Waals surface area contributed by atoms with E-state index in [4.69, 9.17) is 9.98 Å². The summed E-state index contributed by atoms with van der Waals surface area (Å²) in [5, 5.41) is 2.84. The van der Waals surface area contributed by atoms with Gasteiger partial charge in [-0.2, -0.15) is 9.98 Å². The zero-order chi connectivity index (χ0) is 33.5. The van der Waals surface area contributed by atoms with Crippen LogP contribution in [0.15, 0.2) is 94.9 Å². The highest BCUT2D eigenvalue weighted by Gasteiger charge is 2.44. The van der Waals surface area contributed by atoms with Gasteiger partial charge in [-0.1, -0.05) is 60.7 Å². The standard InChI is InChI=1S/C41H44N6S2.2BrH/c1-28-19-32(23-46-36(34-11-7-5-8-12-34)25-44-15-17-48-40(44)46)20-29(2)38(28)42-27-43-39-30(3)21-33(22-31(39)4)24-47-37(35-13-9-6-10-14-35)26-45-16-18-49-41(45)47;;/h5-14,19-22,36-37H,15-18,23-26H2,1-4H3;2*1H/q+2;;/p-2. The molecule has 51 heavy (non-hydrogen) atoms. The van der Waals surface area contributed by atoms with Crippen molar-refractivity contribution in [1.29, 1.82) is 0 Å². The van der Waals surface area contributed by atoms with Gasteiger partial charge in [-0.05, 0) is 109 Å². The van der Waals surface area contributed by atoms with Gasteiger partial charge in [0.15, 0.2) is 12.1 Å². The van der Waals surface area contributed by atoms with Gasteiger partial charge in [0.05, 0.1) is 24.5 Å². The van der Waals surface area contributed by atoms with E-state index in [-0.39, 0.29) is 34.0 Å². The van der Waals surface area contributed by atoms with Crippen molar-refractivity contribution in [2.24, 2.45) is 9.98 Å². The maximum atomic E-state index is 4.79. The average molecular weight is 845 g/mol. The summed E-state index contributed by atoms with van der Waals surface area (Å²) in [6.45, 7) is 14.8. The SMILES string of the molecule is Cc1cc(CN2C3=[N+](CCS3)CC2c2ccccc2)cc(C)c1N=C=Nc1c(C)cc(CN2C3=[N+](CCS3)CC2c2ccccc2)cc1C.[Br-].[Br-]. The fourth-order valence-corrected chi connectivity index (χ4v) is 10.4. The van der Waals surface area contributed by atoms with Crippen molar-refractivity contribution >= 4 is 51.2 Å². The van der Waals surface area contributed by atoms with Crippen LogP contribution in [-0.2, 0) is 13.1 Å². The number of halogens is 2. The van der Waals surface area contributed by atoms with Crippen LogP contribution in [0.2, 0.25) is 0 Å². The molecule has 6 nitrogen and oxygen atoms in total. The lowest BCUT2D eigenvalue weighted by atomic mass is 10.0. The Morgan fingerprint density at radius 1 is 0.608 bits per heavy atom. The molecule has 4 heterocycles. The van der Waals surface area contributed by atoms with Gasteiger partial charge < -0.3 is 34.0 Å². The molecule has 10 heteroatoms. The second-order valence-corrected chi connectivity index (χ2v) is 15.9. The molecule has 8 rings (SSSR count). The van der Waals surface area contributed by atoms with Crippen LogP contribution in [0.5, 0.6) is 0 Å². The molecule has 0 saturated heterocycles. The first-order valence-electron chi connectivity index (χ1n) is 17.4. The number of amidine groups is 2. The number of benzene rings is 4. The molecule has 4 aliphatic rings. The number of hydrogen-bond donors (Lipinski definition) is 0. The van der Waals surface area contributed by atoms with E-state index in [9.17, 15) is 0 Å². The lowest BCUT2D eigenvalue weighted by molar-refractivity contribution is -0.512. The van der Waals surface area contributed by atoms with Crippen LogP contribution in [-0.4, -0.2) is 73.0 Å². The molecule has 2 atom stereocenters. The van der Waals surface area contributed by atoms with Crippen LogP contribution < -0.4 is 34.0 Å². The van der Waals surface area contributed by atoms with Gasteiger partial charge in [-0.25, -0.2) is 9.80 Å². The van der Waals surface area contributed by atoms with E-state index in [1.807, 2.05) is 23.5 Å². The zero-order valence-electron chi connectivity index (χ0n) is 29.7. The molecular formula is C41H44Br2N6S2. The third-order valence-corrected chi connectivity index (χ3v) is 12.5. The molecule has 4 aliphatic heterocycles. The molecule has 2 unspecified atom stereocenters. The summed E-state index contributed by atoms with van der Waals surface area (Å²) in [7, 11) is 0. The van der Waals surface area contributed by atoms with Crippen molar-refractivity contribution in [2.75, 3.05) is 37.7 Å². The molecule has 0 aromatic heterocycles. The zero-order valence-corrected chi connectivity index (χ0v) is 34.5. The van der Waals surface area contributed by atoms with E-state index in [2.05, 4.69) is 138 Å². The monoisotopic (exact) mass is 842 g/mol. The first kappa shape index (κ1) is 37.6. The Labute approximate surface area is 332 Å². The minimum Gasteiger partial charge on any atom is -1.00 e.